The Kier molecular flexibility index (Phi) is 33.6. The molecule has 3 heterocycles. The molecule has 0 atom stereocenters. The van der Waals surface area contributed by atoms with Crippen molar-refractivity contribution in [2.75, 3.05) is 40.3 Å². The van der Waals surface area contributed by atoms with Crippen molar-refractivity contribution in [2.45, 2.75) is 105 Å². The van der Waals surface area contributed by atoms with Gasteiger partial charge in [-0.1, -0.05) is 27.7 Å². The van der Waals surface area contributed by atoms with Crippen LogP contribution in [0, 0.1) is 64.2 Å². The Balaban J connectivity index is -0.000000228. The van der Waals surface area contributed by atoms with E-state index < -0.39 is 14.5 Å². The van der Waals surface area contributed by atoms with Gasteiger partial charge in [0, 0.05) is 30.9 Å². The minimum absolute atomic E-state index is 0. The van der Waals surface area contributed by atoms with E-state index in [-0.39, 0.29) is 49.3 Å². The molecule has 0 aliphatic carbocycles. The predicted molar refractivity (Wildman–Crippen MR) is 210 cm³/mol. The Morgan fingerprint density at radius 3 is 0.965 bits per heavy atom. The Hall–Kier alpha value is -2.19. The Morgan fingerprint density at radius 2 is 0.825 bits per heavy atom. The van der Waals surface area contributed by atoms with Gasteiger partial charge in [-0.2, -0.15) is 25.8 Å². The second kappa shape index (κ2) is 29.9. The van der Waals surface area contributed by atoms with Crippen LogP contribution < -0.4 is 0 Å². The van der Waals surface area contributed by atoms with Gasteiger partial charge >= 0.3 is 48.1 Å². The summed E-state index contributed by atoms with van der Waals surface area (Å²) in [4.78, 5) is 4.64. The molecular formula is C33H56B2F8FeN10NiS2. The van der Waals surface area contributed by atoms with Crippen molar-refractivity contribution in [3.05, 3.63) is 52.4 Å². The first-order valence-corrected chi connectivity index (χ1v) is 17.7. The molecule has 0 aliphatic heterocycles. The molecule has 3 aromatic rings. The molecule has 0 unspecified atom stereocenters. The van der Waals surface area contributed by atoms with Gasteiger partial charge in [-0.25, -0.2) is 14.0 Å². The van der Waals surface area contributed by atoms with E-state index in [1.54, 1.807) is 12.1 Å². The van der Waals surface area contributed by atoms with Gasteiger partial charge in [0.25, 0.3) is 0 Å². The van der Waals surface area contributed by atoms with Gasteiger partial charge in [-0.15, -0.1) is 9.49 Å². The molecule has 0 aromatic carbocycles. The predicted octanol–water partition coefficient (Wildman–Crippen LogP) is 8.23. The Morgan fingerprint density at radius 1 is 0.632 bits per heavy atom. The second-order valence-corrected chi connectivity index (χ2v) is 16.0. The van der Waals surface area contributed by atoms with E-state index in [4.69, 9.17) is 35.8 Å². The van der Waals surface area contributed by atoms with E-state index >= 15 is 0 Å². The van der Waals surface area contributed by atoms with Crippen LogP contribution in [0.4, 0.5) is 34.5 Å². The minimum Gasteiger partial charge on any atom is -0.785 e. The zero-order valence-corrected chi connectivity index (χ0v) is 38.7. The number of halogens is 8. The van der Waals surface area contributed by atoms with Crippen LogP contribution in [0.25, 0.3) is 0 Å². The molecule has 0 amide bonds. The zero-order chi connectivity index (χ0) is 44.1. The summed E-state index contributed by atoms with van der Waals surface area (Å²) in [5, 5.41) is 28.6. The molecule has 0 bridgehead atoms. The van der Waals surface area contributed by atoms with E-state index in [2.05, 4.69) is 106 Å². The summed E-state index contributed by atoms with van der Waals surface area (Å²) >= 11 is 10.7. The fourth-order valence-electron chi connectivity index (χ4n) is 5.02. The summed E-state index contributed by atoms with van der Waals surface area (Å²) in [7, 11) is -7.71. The summed E-state index contributed by atoms with van der Waals surface area (Å²) in [6.45, 7) is 27.6. The molecule has 0 spiro atoms. The van der Waals surface area contributed by atoms with Crippen molar-refractivity contribution >= 4 is 39.8 Å². The van der Waals surface area contributed by atoms with Crippen molar-refractivity contribution in [2.24, 2.45) is 0 Å². The van der Waals surface area contributed by atoms with Crippen molar-refractivity contribution < 1.29 is 68.1 Å². The third-order valence-electron chi connectivity index (χ3n) is 6.17. The number of nitrogens with zero attached hydrogens (tertiary/aromatic N) is 10. The summed E-state index contributed by atoms with van der Waals surface area (Å²) in [5.74, 6) is 0. The van der Waals surface area contributed by atoms with Gasteiger partial charge in [-0.05, 0) is 106 Å². The normalized spacial score (nSPS) is 11.0. The van der Waals surface area contributed by atoms with Crippen molar-refractivity contribution in [1.29, 1.82) is 10.5 Å². The number of hydrogen-bond donors (Lipinski definition) is 0. The van der Waals surface area contributed by atoms with Gasteiger partial charge in [0.15, 0.2) is 0 Å². The standard InChI is InChI=1S/C16H22N6.C13H30N2S2.2C2H3N.2BF4.Fe.Ni/c1-10-7-13(4)20(17-10)16(21-14(5)8-11(2)18-21)22-15(6)9-12(3)19-22;1-12(2,16)10-14(5)8-7-9-15(6)11-13(3,4)17;2*1-2-3;2*2-1(3,4)5;;/h7-9,16H,1-6H3;16-17H,7-11H2,1-6H3;2*1H3;;;;/q;;;;2*-1;2*+2/p-2. The van der Waals surface area contributed by atoms with E-state index in [0.29, 0.717) is 0 Å². The first-order chi connectivity index (χ1) is 24.7. The molecule has 57 heavy (non-hydrogen) atoms. The van der Waals surface area contributed by atoms with E-state index in [9.17, 15) is 34.5 Å². The van der Waals surface area contributed by atoms with Crippen LogP contribution in [-0.4, -0.2) is 103 Å². The van der Waals surface area contributed by atoms with Crippen LogP contribution in [0.3, 0.4) is 0 Å². The zero-order valence-electron chi connectivity index (χ0n) is 35.0. The molecule has 10 nitrogen and oxygen atoms in total. The number of hydrogen-bond acceptors (Lipinski definition) is 9. The monoisotopic (exact) mass is 944 g/mol. The molecule has 0 saturated carbocycles. The molecule has 0 fully saturated rings. The summed E-state index contributed by atoms with van der Waals surface area (Å²) < 4.78 is 83.9. The van der Waals surface area contributed by atoms with Crippen LogP contribution in [0.15, 0.2) is 18.2 Å². The fraction of sp³-hybridized carbons (Fsp3) is 0.667. The molecule has 0 aliphatic rings. The van der Waals surface area contributed by atoms with Gasteiger partial charge in [0.05, 0.1) is 29.2 Å². The molecule has 0 radical (unpaired) electrons. The molecule has 3 aromatic heterocycles. The van der Waals surface area contributed by atoms with Crippen molar-refractivity contribution in [3.8, 4) is 12.1 Å². The smallest absolute Gasteiger partial charge is 0.785 e. The summed E-state index contributed by atoms with van der Waals surface area (Å²) in [5.41, 5.74) is 6.23. The average molecular weight is 945 g/mol. The molecule has 0 N–H and O–H groups in total. The maximum Gasteiger partial charge on any atom is 2.00 e. The summed E-state index contributed by atoms with van der Waals surface area (Å²) in [6.07, 6.45) is 0.945. The fourth-order valence-corrected chi connectivity index (χ4v) is 5.46. The second-order valence-electron chi connectivity index (χ2n) is 13.7. The summed E-state index contributed by atoms with van der Waals surface area (Å²) in [6, 6.07) is 9.72. The van der Waals surface area contributed by atoms with Gasteiger partial charge < -0.3 is 69.6 Å². The third-order valence-corrected chi connectivity index (χ3v) is 6.43. The number of aromatic nitrogens is 6. The van der Waals surface area contributed by atoms with Crippen LogP contribution in [0.1, 0.15) is 88.4 Å². The first kappa shape index (κ1) is 64.0. The third kappa shape index (κ3) is 37.8. The topological polar surface area (TPSA) is 108 Å². The van der Waals surface area contributed by atoms with Gasteiger partial charge in [0.2, 0.25) is 6.29 Å². The van der Waals surface area contributed by atoms with E-state index in [1.807, 2.05) is 34.8 Å². The molecule has 0 saturated heterocycles. The Labute approximate surface area is 365 Å². The minimum atomic E-state index is -6.00. The maximum absolute atomic E-state index is 9.75. The van der Waals surface area contributed by atoms with Crippen LogP contribution in [0.2, 0.25) is 0 Å². The Bertz CT molecular complexity index is 1430. The molecule has 3 rings (SSSR count). The first-order valence-electron chi connectivity index (χ1n) is 16.9. The van der Waals surface area contributed by atoms with Crippen LogP contribution in [0.5, 0.6) is 0 Å². The average Bonchev–Trinajstić information content (AvgIpc) is 3.56. The van der Waals surface area contributed by atoms with Crippen LogP contribution >= 0.6 is 0 Å². The molecule has 24 heteroatoms. The van der Waals surface area contributed by atoms with E-state index in [0.717, 1.165) is 60.3 Å². The SMILES string of the molecule is CC#N.CC#N.CN(CCCN(C)CC(C)(C)[S-])CC(C)(C)[S-].Cc1cc(C)n(C(n2nc(C)cc2C)n2nc(C)cc2C)n1.F[B-](F)(F)F.F[B-](F)(F)F.[Fe+2].[Ni+2]. The van der Waals surface area contributed by atoms with E-state index in [1.165, 1.54) is 20.3 Å². The molecular weight excluding hydrogens is 889 g/mol. The number of nitriles is 2. The van der Waals surface area contributed by atoms with Crippen molar-refractivity contribution in [3.63, 3.8) is 0 Å². The number of aryl methyl sites for hydroxylation is 6. The van der Waals surface area contributed by atoms with Gasteiger partial charge in [-0.3, -0.25) is 0 Å². The number of rotatable bonds is 11. The maximum atomic E-state index is 9.75. The quantitative estimate of drug-likeness (QED) is 0.107. The van der Waals surface area contributed by atoms with Crippen LogP contribution in [-0.2, 0) is 58.8 Å². The van der Waals surface area contributed by atoms with Crippen molar-refractivity contribution in [1.82, 2.24) is 39.1 Å². The largest absolute Gasteiger partial charge is 2.00 e. The van der Waals surface area contributed by atoms with Gasteiger partial charge in [0.1, 0.15) is 0 Å². The molecule has 330 valence electrons.